The topological polar surface area (TPSA) is 63.9 Å². The molecule has 0 aliphatic carbocycles. The van der Waals surface area contributed by atoms with Crippen molar-refractivity contribution in [2.45, 2.75) is 17.3 Å². The van der Waals surface area contributed by atoms with Gasteiger partial charge in [-0.05, 0) is 31.2 Å². The maximum absolute atomic E-state index is 5.93. The Morgan fingerprint density at radius 3 is 2.90 bits per heavy atom. The number of thioether (sulfide) groups is 1. The number of ether oxygens (including phenoxy) is 1. The number of hydrogen-bond acceptors (Lipinski definition) is 5. The first-order valence-corrected chi connectivity index (χ1v) is 8.36. The third kappa shape index (κ3) is 3.07. The molecular weight excluding hydrogens is 302 g/mol. The van der Waals surface area contributed by atoms with Gasteiger partial charge in [-0.1, -0.05) is 11.8 Å². The number of aromatic nitrogens is 2. The summed E-state index contributed by atoms with van der Waals surface area (Å²) >= 11 is 3.46. The Balaban J connectivity index is 1.86. The van der Waals surface area contributed by atoms with Crippen LogP contribution in [0, 0.1) is 6.92 Å². The average Bonchev–Trinajstić information content (AvgIpc) is 3.09. The molecular formula is C15H17N3OS2. The van der Waals surface area contributed by atoms with Crippen molar-refractivity contribution >= 4 is 34.1 Å². The number of fused-ring (bicyclic) bond motifs is 1. The number of aryl methyl sites for hydroxylation is 1. The maximum atomic E-state index is 5.93. The van der Waals surface area contributed by atoms with Crippen molar-refractivity contribution in [1.82, 2.24) is 9.97 Å². The lowest BCUT2D eigenvalue weighted by atomic mass is 10.3. The van der Waals surface area contributed by atoms with E-state index in [-0.39, 0.29) is 5.25 Å². The second-order valence-corrected chi connectivity index (χ2v) is 7.23. The molecule has 2 heterocycles. The van der Waals surface area contributed by atoms with Gasteiger partial charge in [-0.15, -0.1) is 11.3 Å². The summed E-state index contributed by atoms with van der Waals surface area (Å²) in [7, 11) is 1.66. The molecule has 0 fully saturated rings. The van der Waals surface area contributed by atoms with Crippen molar-refractivity contribution in [3.63, 3.8) is 0 Å². The summed E-state index contributed by atoms with van der Waals surface area (Å²) < 4.78 is 5.23. The average molecular weight is 319 g/mol. The van der Waals surface area contributed by atoms with Gasteiger partial charge in [-0.2, -0.15) is 0 Å². The van der Waals surface area contributed by atoms with E-state index in [4.69, 9.17) is 10.5 Å². The van der Waals surface area contributed by atoms with Crippen molar-refractivity contribution in [2.24, 2.45) is 5.73 Å². The lowest BCUT2D eigenvalue weighted by Crippen LogP contribution is -2.08. The van der Waals surface area contributed by atoms with Gasteiger partial charge < -0.3 is 15.5 Å². The highest BCUT2D eigenvalue weighted by Crippen LogP contribution is 2.37. The Labute approximate surface area is 131 Å². The fourth-order valence-corrected chi connectivity index (χ4v) is 4.17. The standard InChI is InChI=1S/C15H17N3OS2/c1-9-3-6-13(20-9)14(8-16)21-15-17-11-5-4-10(19-2)7-12(11)18-15/h3-7,14H,8,16H2,1-2H3,(H,17,18). The number of methoxy groups -OCH3 is 1. The van der Waals surface area contributed by atoms with Crippen LogP contribution in [0.25, 0.3) is 11.0 Å². The van der Waals surface area contributed by atoms with Crippen LogP contribution in [0.3, 0.4) is 0 Å². The molecule has 0 radical (unpaired) electrons. The smallest absolute Gasteiger partial charge is 0.167 e. The summed E-state index contributed by atoms with van der Waals surface area (Å²) in [5, 5.41) is 1.12. The maximum Gasteiger partial charge on any atom is 0.167 e. The first kappa shape index (κ1) is 14.4. The molecule has 3 aromatic rings. The summed E-state index contributed by atoms with van der Waals surface area (Å²) in [5.74, 6) is 0.826. The monoisotopic (exact) mass is 319 g/mol. The normalized spacial score (nSPS) is 12.7. The minimum atomic E-state index is 0.228. The summed E-state index contributed by atoms with van der Waals surface area (Å²) in [6.07, 6.45) is 0. The van der Waals surface area contributed by atoms with Crippen molar-refractivity contribution < 1.29 is 4.74 Å². The van der Waals surface area contributed by atoms with Gasteiger partial charge in [-0.3, -0.25) is 0 Å². The SMILES string of the molecule is COc1ccc2nc(SC(CN)c3ccc(C)s3)[nH]c2c1. The van der Waals surface area contributed by atoms with E-state index < -0.39 is 0 Å². The first-order chi connectivity index (χ1) is 10.2. The highest BCUT2D eigenvalue weighted by molar-refractivity contribution is 7.99. The van der Waals surface area contributed by atoms with Gasteiger partial charge in [0.25, 0.3) is 0 Å². The predicted molar refractivity (Wildman–Crippen MR) is 89.4 cm³/mol. The molecule has 0 saturated carbocycles. The molecule has 0 bridgehead atoms. The Bertz CT molecular complexity index is 750. The largest absolute Gasteiger partial charge is 0.497 e. The molecule has 0 aliphatic heterocycles. The molecule has 0 aliphatic rings. The van der Waals surface area contributed by atoms with Crippen molar-refractivity contribution in [1.29, 1.82) is 0 Å². The van der Waals surface area contributed by atoms with E-state index in [2.05, 4.69) is 29.0 Å². The minimum Gasteiger partial charge on any atom is -0.497 e. The fraction of sp³-hybridized carbons (Fsp3) is 0.267. The number of nitrogens with one attached hydrogen (secondary N) is 1. The zero-order valence-electron chi connectivity index (χ0n) is 11.9. The van der Waals surface area contributed by atoms with Crippen molar-refractivity contribution in [3.8, 4) is 5.75 Å². The number of benzene rings is 1. The van der Waals surface area contributed by atoms with Crippen LogP contribution >= 0.6 is 23.1 Å². The van der Waals surface area contributed by atoms with Crippen LogP contribution in [0.5, 0.6) is 5.75 Å². The van der Waals surface area contributed by atoms with Crippen LogP contribution < -0.4 is 10.5 Å². The summed E-state index contributed by atoms with van der Waals surface area (Å²) in [6, 6.07) is 10.1. The van der Waals surface area contributed by atoms with Crippen molar-refractivity contribution in [3.05, 3.63) is 40.1 Å². The number of nitrogens with zero attached hydrogens (tertiary/aromatic N) is 1. The van der Waals surface area contributed by atoms with Gasteiger partial charge in [0.15, 0.2) is 5.16 Å². The van der Waals surface area contributed by atoms with E-state index in [1.165, 1.54) is 9.75 Å². The van der Waals surface area contributed by atoms with Crippen LogP contribution in [0.15, 0.2) is 35.5 Å². The van der Waals surface area contributed by atoms with Gasteiger partial charge in [0.05, 0.1) is 23.4 Å². The Kier molecular flexibility index (Phi) is 4.19. The lowest BCUT2D eigenvalue weighted by Gasteiger charge is -2.10. The number of hydrogen-bond donors (Lipinski definition) is 2. The molecule has 21 heavy (non-hydrogen) atoms. The van der Waals surface area contributed by atoms with Gasteiger partial charge in [0, 0.05) is 22.4 Å². The highest BCUT2D eigenvalue weighted by atomic mass is 32.2. The van der Waals surface area contributed by atoms with E-state index in [1.54, 1.807) is 30.2 Å². The van der Waals surface area contributed by atoms with Gasteiger partial charge in [0.2, 0.25) is 0 Å². The van der Waals surface area contributed by atoms with E-state index in [9.17, 15) is 0 Å². The molecule has 3 rings (SSSR count). The summed E-state index contributed by atoms with van der Waals surface area (Å²) in [4.78, 5) is 10.5. The summed E-state index contributed by atoms with van der Waals surface area (Å²) in [5.41, 5.74) is 7.85. The molecule has 4 nitrogen and oxygen atoms in total. The van der Waals surface area contributed by atoms with E-state index in [0.29, 0.717) is 6.54 Å². The molecule has 110 valence electrons. The van der Waals surface area contributed by atoms with Crippen LogP contribution in [0.4, 0.5) is 0 Å². The quantitative estimate of drug-likeness (QED) is 0.703. The zero-order chi connectivity index (χ0) is 14.8. The van der Waals surface area contributed by atoms with Gasteiger partial charge >= 0.3 is 0 Å². The number of nitrogens with two attached hydrogens (primary N) is 1. The molecule has 0 spiro atoms. The number of imidazole rings is 1. The Morgan fingerprint density at radius 1 is 1.38 bits per heavy atom. The minimum absolute atomic E-state index is 0.228. The Morgan fingerprint density at radius 2 is 2.24 bits per heavy atom. The molecule has 0 saturated heterocycles. The highest BCUT2D eigenvalue weighted by Gasteiger charge is 2.16. The molecule has 3 N–H and O–H groups in total. The van der Waals surface area contributed by atoms with E-state index in [1.807, 2.05) is 18.2 Å². The number of rotatable bonds is 5. The summed E-state index contributed by atoms with van der Waals surface area (Å²) in [6.45, 7) is 2.70. The molecule has 0 amide bonds. The van der Waals surface area contributed by atoms with E-state index in [0.717, 1.165) is 21.9 Å². The molecule has 1 atom stereocenters. The molecule has 1 unspecified atom stereocenters. The number of H-pyrrole nitrogens is 1. The number of thiophene rings is 1. The van der Waals surface area contributed by atoms with Crippen molar-refractivity contribution in [2.75, 3.05) is 13.7 Å². The fourth-order valence-electron chi connectivity index (χ4n) is 2.13. The van der Waals surface area contributed by atoms with E-state index >= 15 is 0 Å². The van der Waals surface area contributed by atoms with Crippen LogP contribution in [0.2, 0.25) is 0 Å². The van der Waals surface area contributed by atoms with Crippen LogP contribution in [-0.4, -0.2) is 23.6 Å². The van der Waals surface area contributed by atoms with Gasteiger partial charge in [-0.25, -0.2) is 4.98 Å². The zero-order valence-corrected chi connectivity index (χ0v) is 13.6. The molecule has 2 aromatic heterocycles. The molecule has 1 aromatic carbocycles. The van der Waals surface area contributed by atoms with Crippen LogP contribution in [0.1, 0.15) is 15.0 Å². The third-order valence-electron chi connectivity index (χ3n) is 3.21. The third-order valence-corrected chi connectivity index (χ3v) is 5.62. The number of aromatic amines is 1. The second-order valence-electron chi connectivity index (χ2n) is 4.72. The molecule has 6 heteroatoms. The van der Waals surface area contributed by atoms with Crippen LogP contribution in [-0.2, 0) is 0 Å². The first-order valence-electron chi connectivity index (χ1n) is 6.66. The second kappa shape index (κ2) is 6.09. The lowest BCUT2D eigenvalue weighted by molar-refractivity contribution is 0.415. The Hall–Kier alpha value is -1.50. The van der Waals surface area contributed by atoms with Gasteiger partial charge in [0.1, 0.15) is 5.75 Å². The predicted octanol–water partition coefficient (Wildman–Crippen LogP) is 3.73.